The summed E-state index contributed by atoms with van der Waals surface area (Å²) in [5.74, 6) is 2.21. The summed E-state index contributed by atoms with van der Waals surface area (Å²) < 4.78 is 18.7. The quantitative estimate of drug-likeness (QED) is 0.816. The van der Waals surface area contributed by atoms with Crippen LogP contribution in [0, 0.1) is 13.8 Å². The minimum absolute atomic E-state index is 0.00436. The number of likely N-dealkylation sites (N-methyl/N-ethyl adjacent to an activating group) is 1. The Kier molecular flexibility index (Phi) is 4.34. The van der Waals surface area contributed by atoms with Crippen molar-refractivity contribution in [3.63, 3.8) is 0 Å². The van der Waals surface area contributed by atoms with Crippen LogP contribution in [0.25, 0.3) is 0 Å². The molecule has 0 amide bonds. The van der Waals surface area contributed by atoms with Crippen molar-refractivity contribution in [3.8, 4) is 17.2 Å². The maximum Gasteiger partial charge on any atom is 0.231 e. The van der Waals surface area contributed by atoms with Gasteiger partial charge in [0.15, 0.2) is 17.3 Å². The number of Topliss-reactive ketones (excluding diaryl/α,β-unsaturated/α-hetero) is 1. The molecule has 0 spiro atoms. The van der Waals surface area contributed by atoms with E-state index in [1.165, 1.54) is 10.5 Å². The van der Waals surface area contributed by atoms with E-state index in [0.29, 0.717) is 17.9 Å². The summed E-state index contributed by atoms with van der Waals surface area (Å²) in [6, 6.07) is 2.05. The first-order valence-corrected chi connectivity index (χ1v) is 9.27. The lowest BCUT2D eigenvalue weighted by molar-refractivity contribution is -0.913. The summed E-state index contributed by atoms with van der Waals surface area (Å²) in [7, 11) is 5.65. The molecule has 1 aromatic carbocycles. The number of quaternary nitrogens is 1. The number of hydrogen-bond acceptors (Lipinski definition) is 5. The highest BCUT2D eigenvalue weighted by Gasteiger charge is 2.38. The second-order valence-electron chi connectivity index (χ2n) is 7.41. The van der Waals surface area contributed by atoms with Gasteiger partial charge in [-0.05, 0) is 25.5 Å². The van der Waals surface area contributed by atoms with Crippen LogP contribution in [0.2, 0.25) is 0 Å². The molecular formula is C20H26N3O4+. The van der Waals surface area contributed by atoms with Crippen LogP contribution in [0.15, 0.2) is 6.07 Å². The highest BCUT2D eigenvalue weighted by Crippen LogP contribution is 2.48. The third-order valence-electron chi connectivity index (χ3n) is 5.86. The second kappa shape index (κ2) is 6.56. The van der Waals surface area contributed by atoms with Gasteiger partial charge in [0.25, 0.3) is 0 Å². The fourth-order valence-corrected chi connectivity index (χ4v) is 4.36. The SMILES string of the molecule is COc1c2c(cc3c1[C@@H](CC(=O)c1c(C)nn(C)c1C)[NH+](C)CC3)OCO2. The van der Waals surface area contributed by atoms with E-state index >= 15 is 0 Å². The Morgan fingerprint density at radius 1 is 1.41 bits per heavy atom. The number of ketones is 1. The Morgan fingerprint density at radius 3 is 2.85 bits per heavy atom. The number of aromatic nitrogens is 2. The first-order chi connectivity index (χ1) is 12.9. The Bertz CT molecular complexity index is 919. The molecule has 2 aliphatic rings. The van der Waals surface area contributed by atoms with Gasteiger partial charge in [-0.2, -0.15) is 5.10 Å². The van der Waals surface area contributed by atoms with Gasteiger partial charge in [0, 0.05) is 19.2 Å². The van der Waals surface area contributed by atoms with E-state index < -0.39 is 0 Å². The second-order valence-corrected chi connectivity index (χ2v) is 7.41. The lowest BCUT2D eigenvalue weighted by Gasteiger charge is -2.32. The Balaban J connectivity index is 1.75. The van der Waals surface area contributed by atoms with Crippen LogP contribution in [0.4, 0.5) is 0 Å². The predicted molar refractivity (Wildman–Crippen MR) is 98.9 cm³/mol. The standard InChI is InChI=1S/C20H25N3O4/c1-11-17(12(2)23(4)21-11)15(24)9-14-18-13(6-7-22(14)3)8-16-19(20(18)25-5)27-10-26-16/h8,14H,6-7,9-10H2,1-5H3/p+1/t14-/m1/s1. The lowest BCUT2D eigenvalue weighted by atomic mass is 9.87. The summed E-state index contributed by atoms with van der Waals surface area (Å²) in [6.07, 6.45) is 1.33. The van der Waals surface area contributed by atoms with Gasteiger partial charge in [-0.1, -0.05) is 0 Å². The molecule has 2 atom stereocenters. The van der Waals surface area contributed by atoms with Gasteiger partial charge < -0.3 is 19.1 Å². The van der Waals surface area contributed by atoms with Crippen molar-refractivity contribution in [2.45, 2.75) is 32.7 Å². The normalized spacial score (nSPS) is 20.5. The van der Waals surface area contributed by atoms with Crippen LogP contribution in [0.5, 0.6) is 17.2 Å². The van der Waals surface area contributed by atoms with Crippen LogP contribution in [0.1, 0.15) is 45.3 Å². The number of ether oxygens (including phenoxy) is 3. The van der Waals surface area contributed by atoms with Crippen molar-refractivity contribution in [2.75, 3.05) is 27.5 Å². The summed E-state index contributed by atoms with van der Waals surface area (Å²) in [5.41, 5.74) is 4.67. The maximum atomic E-state index is 13.2. The summed E-state index contributed by atoms with van der Waals surface area (Å²) >= 11 is 0. The van der Waals surface area contributed by atoms with Crippen molar-refractivity contribution >= 4 is 5.78 Å². The third kappa shape index (κ3) is 2.77. The van der Waals surface area contributed by atoms with E-state index in [4.69, 9.17) is 14.2 Å². The summed E-state index contributed by atoms with van der Waals surface area (Å²) in [4.78, 5) is 14.5. The average molecular weight is 372 g/mol. The fourth-order valence-electron chi connectivity index (χ4n) is 4.36. The third-order valence-corrected chi connectivity index (χ3v) is 5.86. The molecule has 0 aliphatic carbocycles. The molecule has 0 radical (unpaired) electrons. The van der Waals surface area contributed by atoms with Crippen LogP contribution >= 0.6 is 0 Å². The van der Waals surface area contributed by atoms with E-state index in [-0.39, 0.29) is 18.6 Å². The number of nitrogens with zero attached hydrogens (tertiary/aromatic N) is 2. The number of aryl methyl sites for hydroxylation is 2. The van der Waals surface area contributed by atoms with Crippen LogP contribution < -0.4 is 19.1 Å². The van der Waals surface area contributed by atoms with Gasteiger partial charge >= 0.3 is 0 Å². The molecule has 1 unspecified atom stereocenters. The molecular weight excluding hydrogens is 346 g/mol. The van der Waals surface area contributed by atoms with E-state index in [1.807, 2.05) is 27.0 Å². The average Bonchev–Trinajstić information content (AvgIpc) is 3.19. The van der Waals surface area contributed by atoms with Gasteiger partial charge in [0.1, 0.15) is 6.04 Å². The van der Waals surface area contributed by atoms with Crippen molar-refractivity contribution in [2.24, 2.45) is 7.05 Å². The minimum Gasteiger partial charge on any atom is -0.492 e. The molecule has 27 heavy (non-hydrogen) atoms. The number of rotatable bonds is 4. The van der Waals surface area contributed by atoms with Gasteiger partial charge in [-0.25, -0.2) is 0 Å². The molecule has 4 rings (SSSR count). The molecule has 2 aliphatic heterocycles. The smallest absolute Gasteiger partial charge is 0.231 e. The number of methoxy groups -OCH3 is 1. The molecule has 144 valence electrons. The molecule has 0 bridgehead atoms. The van der Waals surface area contributed by atoms with E-state index in [1.54, 1.807) is 11.8 Å². The topological polar surface area (TPSA) is 67.0 Å². The zero-order valence-electron chi connectivity index (χ0n) is 16.5. The molecule has 1 N–H and O–H groups in total. The molecule has 1 aromatic heterocycles. The van der Waals surface area contributed by atoms with Crippen molar-refractivity contribution in [3.05, 3.63) is 34.1 Å². The molecule has 2 aromatic rings. The number of hydrogen-bond donors (Lipinski definition) is 1. The van der Waals surface area contributed by atoms with Crippen molar-refractivity contribution in [1.82, 2.24) is 9.78 Å². The van der Waals surface area contributed by atoms with Crippen molar-refractivity contribution < 1.29 is 23.9 Å². The highest BCUT2D eigenvalue weighted by atomic mass is 16.7. The maximum absolute atomic E-state index is 13.2. The van der Waals surface area contributed by atoms with Crippen LogP contribution in [-0.4, -0.2) is 43.1 Å². The number of carbonyl (C=O) groups is 1. The number of fused-ring (bicyclic) bond motifs is 2. The molecule has 0 saturated heterocycles. The van der Waals surface area contributed by atoms with Gasteiger partial charge in [0.05, 0.1) is 43.9 Å². The number of benzene rings is 1. The van der Waals surface area contributed by atoms with Crippen LogP contribution in [-0.2, 0) is 13.5 Å². The first kappa shape index (κ1) is 17.9. The van der Waals surface area contributed by atoms with E-state index in [2.05, 4.69) is 12.1 Å². The number of nitrogens with one attached hydrogen (secondary N) is 1. The summed E-state index contributed by atoms with van der Waals surface area (Å²) in [6.45, 7) is 5.00. The van der Waals surface area contributed by atoms with Gasteiger partial charge in [-0.15, -0.1) is 0 Å². The lowest BCUT2D eigenvalue weighted by Crippen LogP contribution is -3.10. The molecule has 0 fully saturated rings. The largest absolute Gasteiger partial charge is 0.492 e. The van der Waals surface area contributed by atoms with Gasteiger partial charge in [-0.3, -0.25) is 9.48 Å². The highest BCUT2D eigenvalue weighted by molar-refractivity contribution is 5.98. The zero-order valence-corrected chi connectivity index (χ0v) is 16.5. The fraction of sp³-hybridized carbons (Fsp3) is 0.500. The Labute approximate surface area is 158 Å². The molecule has 7 nitrogen and oxygen atoms in total. The summed E-state index contributed by atoms with van der Waals surface area (Å²) in [5, 5.41) is 4.40. The molecule has 3 heterocycles. The van der Waals surface area contributed by atoms with E-state index in [0.717, 1.165) is 41.2 Å². The van der Waals surface area contributed by atoms with Crippen LogP contribution in [0.3, 0.4) is 0 Å². The van der Waals surface area contributed by atoms with E-state index in [9.17, 15) is 4.79 Å². The Hall–Kier alpha value is -2.54. The molecule has 7 heteroatoms. The first-order valence-electron chi connectivity index (χ1n) is 9.27. The number of carbonyl (C=O) groups excluding carboxylic acids is 1. The minimum atomic E-state index is 0.00436. The monoisotopic (exact) mass is 372 g/mol. The molecule has 0 saturated carbocycles. The van der Waals surface area contributed by atoms with Gasteiger partial charge in [0.2, 0.25) is 12.5 Å². The van der Waals surface area contributed by atoms with Crippen molar-refractivity contribution in [1.29, 1.82) is 0 Å². The Morgan fingerprint density at radius 2 is 2.19 bits per heavy atom. The predicted octanol–water partition coefficient (Wildman–Crippen LogP) is 1.16. The zero-order chi connectivity index (χ0) is 19.3.